The third kappa shape index (κ3) is 8.67. The molecule has 0 unspecified atom stereocenters. The predicted molar refractivity (Wildman–Crippen MR) is 168 cm³/mol. The summed E-state index contributed by atoms with van der Waals surface area (Å²) in [5, 5.41) is 43.4. The van der Waals surface area contributed by atoms with E-state index in [1.807, 2.05) is 0 Å². The summed E-state index contributed by atoms with van der Waals surface area (Å²) in [6.45, 7) is 0. The molecule has 7 N–H and O–H groups in total. The Morgan fingerprint density at radius 2 is 1.32 bits per heavy atom. The van der Waals surface area contributed by atoms with E-state index in [-0.39, 0.29) is 28.2 Å². The van der Waals surface area contributed by atoms with E-state index in [9.17, 15) is 46.5 Å². The molecule has 0 spiro atoms. The molecule has 246 valence electrons. The van der Waals surface area contributed by atoms with Crippen molar-refractivity contribution in [3.63, 3.8) is 0 Å². The number of carboxylic acid groups (broad SMARTS) is 2. The number of aromatic hydroxyl groups is 1. The molecule has 18 nitrogen and oxygen atoms in total. The molecular formula is C27H24N6O12S2. The van der Waals surface area contributed by atoms with Gasteiger partial charge in [-0.1, -0.05) is 18.2 Å². The summed E-state index contributed by atoms with van der Waals surface area (Å²) in [5.41, 5.74) is -0.575. The lowest BCUT2D eigenvalue weighted by Crippen LogP contribution is -2.22. The number of nitrogens with zero attached hydrogens (tertiary/aromatic N) is 4. The van der Waals surface area contributed by atoms with E-state index in [4.69, 9.17) is 9.11 Å². The van der Waals surface area contributed by atoms with Crippen LogP contribution in [0.1, 0.15) is 16.1 Å². The highest BCUT2D eigenvalue weighted by molar-refractivity contribution is 7.86. The fourth-order valence-electron chi connectivity index (χ4n) is 3.97. The number of amides is 1. The first-order valence-corrected chi connectivity index (χ1v) is 16.1. The zero-order valence-corrected chi connectivity index (χ0v) is 25.3. The minimum atomic E-state index is -4.28. The van der Waals surface area contributed by atoms with E-state index in [0.717, 1.165) is 9.69 Å². The molecule has 4 rings (SSSR count). The Balaban J connectivity index is 1.51. The van der Waals surface area contributed by atoms with E-state index in [0.29, 0.717) is 5.69 Å². The largest absolute Gasteiger partial charge is 0.493 e. The van der Waals surface area contributed by atoms with Gasteiger partial charge in [0.15, 0.2) is 11.4 Å². The summed E-state index contributed by atoms with van der Waals surface area (Å²) in [6, 6.07) is 11.2. The van der Waals surface area contributed by atoms with Gasteiger partial charge in [-0.25, -0.2) is 9.59 Å². The number of nitrogens with one attached hydrogen (secondary N) is 2. The van der Waals surface area contributed by atoms with Crippen LogP contribution in [0, 0.1) is 0 Å². The molecular weight excluding hydrogens is 664 g/mol. The van der Waals surface area contributed by atoms with E-state index in [1.54, 1.807) is 0 Å². The van der Waals surface area contributed by atoms with Crippen LogP contribution in [-0.4, -0.2) is 86.4 Å². The van der Waals surface area contributed by atoms with Crippen molar-refractivity contribution < 1.29 is 55.6 Å². The summed E-state index contributed by atoms with van der Waals surface area (Å²) in [4.78, 5) is 36.6. The minimum Gasteiger partial charge on any atom is -0.493 e. The molecule has 0 saturated heterocycles. The first-order valence-electron chi connectivity index (χ1n) is 12.9. The Kier molecular flexibility index (Phi) is 9.90. The van der Waals surface area contributed by atoms with Crippen LogP contribution in [-0.2, 0) is 29.8 Å². The molecule has 0 radical (unpaired) electrons. The van der Waals surface area contributed by atoms with Crippen LogP contribution >= 0.6 is 0 Å². The smallest absolute Gasteiger partial charge is 0.357 e. The van der Waals surface area contributed by atoms with Crippen LogP contribution in [0.15, 0.2) is 83.5 Å². The molecule has 0 aliphatic carbocycles. The number of carbonyl (C=O) groups is 3. The number of anilines is 3. The highest BCUT2D eigenvalue weighted by Gasteiger charge is 2.34. The van der Waals surface area contributed by atoms with Crippen LogP contribution in [0.3, 0.4) is 0 Å². The number of aromatic nitrogens is 2. The molecule has 1 aliphatic rings. The predicted octanol–water partition coefficient (Wildman–Crippen LogP) is 1.77. The number of allylic oxidation sites excluding steroid dienone is 4. The summed E-state index contributed by atoms with van der Waals surface area (Å²) in [6.07, 6.45) is 6.30. The van der Waals surface area contributed by atoms with Crippen molar-refractivity contribution >= 4 is 66.9 Å². The highest BCUT2D eigenvalue weighted by Crippen LogP contribution is 2.28. The Bertz CT molecular complexity index is 2070. The van der Waals surface area contributed by atoms with E-state index in [2.05, 4.69) is 20.8 Å². The Morgan fingerprint density at radius 1 is 0.787 bits per heavy atom. The molecule has 2 heterocycles. The molecule has 47 heavy (non-hydrogen) atoms. The monoisotopic (exact) mass is 688 g/mol. The lowest BCUT2D eigenvalue weighted by atomic mass is 10.1. The van der Waals surface area contributed by atoms with Gasteiger partial charge in [-0.05, 0) is 60.7 Å². The normalized spacial score (nSPS) is 14.7. The molecule has 1 aromatic heterocycles. The highest BCUT2D eigenvalue weighted by atomic mass is 32.2. The van der Waals surface area contributed by atoms with Gasteiger partial charge in [0.1, 0.15) is 11.8 Å². The maximum Gasteiger partial charge on any atom is 0.357 e. The second-order valence-electron chi connectivity index (χ2n) is 9.40. The molecule has 0 atom stereocenters. The molecule has 3 aromatic rings. The van der Waals surface area contributed by atoms with Gasteiger partial charge in [0, 0.05) is 11.4 Å². The van der Waals surface area contributed by atoms with Crippen molar-refractivity contribution in [1.29, 1.82) is 0 Å². The second-order valence-corrected chi connectivity index (χ2v) is 12.3. The Hall–Kier alpha value is -5.83. The van der Waals surface area contributed by atoms with Gasteiger partial charge < -0.3 is 26.0 Å². The maximum atomic E-state index is 13.0. The number of aliphatic carboxylic acids is 1. The molecule has 1 aliphatic heterocycles. The number of aromatic carboxylic acids is 1. The quantitative estimate of drug-likeness (QED) is 0.0765. The second kappa shape index (κ2) is 13.7. The van der Waals surface area contributed by atoms with Crippen molar-refractivity contribution in [2.75, 3.05) is 27.4 Å². The van der Waals surface area contributed by atoms with Crippen molar-refractivity contribution in [3.8, 4) is 11.6 Å². The topological polar surface area (TPSA) is 278 Å². The number of hydrazone groups is 1. The number of carbonyl (C=O) groups excluding carboxylic acids is 1. The number of hydrogen-bond donors (Lipinski definition) is 7. The number of carboxylic acids is 2. The third-order valence-electron chi connectivity index (χ3n) is 6.07. The molecule has 20 heteroatoms. The first-order chi connectivity index (χ1) is 22.0. The molecule has 2 aromatic carbocycles. The number of hydrogen-bond acceptors (Lipinski definition) is 12. The van der Waals surface area contributed by atoms with Gasteiger partial charge in [-0.2, -0.15) is 36.7 Å². The van der Waals surface area contributed by atoms with Crippen molar-refractivity contribution in [2.24, 2.45) is 5.10 Å². The zero-order valence-electron chi connectivity index (χ0n) is 23.6. The molecule has 0 saturated carbocycles. The van der Waals surface area contributed by atoms with Crippen LogP contribution in [0.5, 0.6) is 5.88 Å². The van der Waals surface area contributed by atoms with Crippen LogP contribution < -0.4 is 15.6 Å². The molecule has 1 amide bonds. The average Bonchev–Trinajstić information content (AvgIpc) is 3.51. The number of rotatable bonds is 13. The fraction of sp³-hybridized carbons (Fsp3) is 0.0741. The van der Waals surface area contributed by atoms with Gasteiger partial charge >= 0.3 is 11.9 Å². The Morgan fingerprint density at radius 3 is 1.81 bits per heavy atom. The van der Waals surface area contributed by atoms with Gasteiger partial charge in [0.2, 0.25) is 5.88 Å². The standard InChI is InChI=1S/C27H24N6O12S2/c34-24-20(22(26(36)37)30-32(24)18-10-6-16(7-11-18)28-14-46(40,41)42)4-2-1-3-5-21-23(27(38)39)31-33(25(21)35)19-12-8-17(9-13-19)29-15-47(43,44)45/h1-13,28-29,34H,14-15H2,(H,36,37)(H,38,39)(H,40,41,42)(H,43,44,45). The summed E-state index contributed by atoms with van der Waals surface area (Å²) >= 11 is 0. The van der Waals surface area contributed by atoms with Gasteiger partial charge in [0.25, 0.3) is 26.1 Å². The van der Waals surface area contributed by atoms with Gasteiger partial charge in [-0.15, -0.1) is 0 Å². The molecule has 0 bridgehead atoms. The van der Waals surface area contributed by atoms with Gasteiger partial charge in [-0.3, -0.25) is 13.9 Å². The molecule has 0 fully saturated rings. The maximum absolute atomic E-state index is 13.0. The lowest BCUT2D eigenvalue weighted by molar-refractivity contribution is -0.129. The van der Waals surface area contributed by atoms with Gasteiger partial charge in [0.05, 0.1) is 22.5 Å². The van der Waals surface area contributed by atoms with Crippen molar-refractivity contribution in [1.82, 2.24) is 9.78 Å². The van der Waals surface area contributed by atoms with Crippen molar-refractivity contribution in [3.05, 3.63) is 89.7 Å². The Labute approximate surface area is 265 Å². The SMILES string of the molecule is O=C(O)C1=NN(c2ccc(NCS(=O)(=O)O)cc2)C(=O)C1=CC=CC=Cc1c(C(=O)O)nn(-c2ccc(NCS(=O)(=O)O)cc2)c1O. The summed E-state index contributed by atoms with van der Waals surface area (Å²) in [5.74, 6) is -5.79. The summed E-state index contributed by atoms with van der Waals surface area (Å²) in [7, 11) is -8.56. The lowest BCUT2D eigenvalue weighted by Gasteiger charge is -2.12. The van der Waals surface area contributed by atoms with Crippen LogP contribution in [0.4, 0.5) is 17.1 Å². The average molecular weight is 689 g/mol. The third-order valence-corrected chi connectivity index (χ3v) is 7.09. The minimum absolute atomic E-state index is 0.163. The van der Waals surface area contributed by atoms with Crippen LogP contribution in [0.25, 0.3) is 11.8 Å². The number of benzene rings is 2. The van der Waals surface area contributed by atoms with E-state index >= 15 is 0 Å². The van der Waals surface area contributed by atoms with E-state index < -0.39 is 67.1 Å². The van der Waals surface area contributed by atoms with Crippen molar-refractivity contribution in [2.45, 2.75) is 0 Å². The van der Waals surface area contributed by atoms with E-state index in [1.165, 1.54) is 78.9 Å². The fourth-order valence-corrected chi connectivity index (χ4v) is 4.67. The van der Waals surface area contributed by atoms with Crippen LogP contribution in [0.2, 0.25) is 0 Å². The summed E-state index contributed by atoms with van der Waals surface area (Å²) < 4.78 is 62.3. The first kappa shape index (κ1) is 34.1. The zero-order chi connectivity index (χ0) is 34.5.